The first-order chi connectivity index (χ1) is 10.3. The molecule has 1 aromatic heterocycles. The van der Waals surface area contributed by atoms with Crippen molar-refractivity contribution in [2.45, 2.75) is 13.3 Å². The van der Waals surface area contributed by atoms with Crippen LogP contribution < -0.4 is 10.6 Å². The highest BCUT2D eigenvalue weighted by atomic mass is 15.1. The largest absolute Gasteiger partial charge is 0.357 e. The third kappa shape index (κ3) is 2.79. The molecular weight excluding hydrogens is 260 g/mol. The summed E-state index contributed by atoms with van der Waals surface area (Å²) in [4.78, 5) is 9.00. The number of rotatable bonds is 4. The molecule has 2 N–H and O–H groups in total. The quantitative estimate of drug-likeness (QED) is 0.758. The van der Waals surface area contributed by atoms with E-state index in [1.807, 2.05) is 31.3 Å². The molecule has 0 aliphatic heterocycles. The molecule has 0 saturated heterocycles. The van der Waals surface area contributed by atoms with Crippen LogP contribution in [0.25, 0.3) is 10.9 Å². The van der Waals surface area contributed by atoms with Crippen LogP contribution in [-0.2, 0) is 6.42 Å². The standard InChI is InChI=1S/C17H18N4/c1-3-12-7-6-8-13(11-12)19-16-14-9-4-5-10-15(14)20-17(18-2)21-16/h4-11H,3H2,1-2H3,(H2,18,19,20,21). The summed E-state index contributed by atoms with van der Waals surface area (Å²) >= 11 is 0. The van der Waals surface area contributed by atoms with Gasteiger partial charge in [0.15, 0.2) is 0 Å². The lowest BCUT2D eigenvalue weighted by Gasteiger charge is -2.11. The molecule has 106 valence electrons. The Morgan fingerprint density at radius 3 is 2.67 bits per heavy atom. The minimum atomic E-state index is 0.614. The minimum Gasteiger partial charge on any atom is -0.357 e. The lowest BCUT2D eigenvalue weighted by Crippen LogP contribution is -2.02. The van der Waals surface area contributed by atoms with Crippen LogP contribution >= 0.6 is 0 Å². The summed E-state index contributed by atoms with van der Waals surface area (Å²) in [6.07, 6.45) is 1.02. The van der Waals surface area contributed by atoms with E-state index in [4.69, 9.17) is 0 Å². The van der Waals surface area contributed by atoms with Crippen LogP contribution in [0.1, 0.15) is 12.5 Å². The number of benzene rings is 2. The van der Waals surface area contributed by atoms with Crippen LogP contribution in [0.2, 0.25) is 0 Å². The smallest absolute Gasteiger partial charge is 0.224 e. The summed E-state index contributed by atoms with van der Waals surface area (Å²) in [5, 5.41) is 7.42. The Morgan fingerprint density at radius 1 is 1.00 bits per heavy atom. The number of anilines is 3. The minimum absolute atomic E-state index is 0.614. The van der Waals surface area contributed by atoms with Crippen molar-refractivity contribution in [1.82, 2.24) is 9.97 Å². The van der Waals surface area contributed by atoms with Gasteiger partial charge in [-0.05, 0) is 36.2 Å². The summed E-state index contributed by atoms with van der Waals surface area (Å²) < 4.78 is 0. The molecule has 0 unspecified atom stereocenters. The molecule has 0 bridgehead atoms. The number of hydrogen-bond donors (Lipinski definition) is 2. The fourth-order valence-electron chi connectivity index (χ4n) is 2.29. The molecule has 4 heteroatoms. The van der Waals surface area contributed by atoms with Crippen LogP contribution in [-0.4, -0.2) is 17.0 Å². The molecule has 4 nitrogen and oxygen atoms in total. The molecular formula is C17H18N4. The van der Waals surface area contributed by atoms with E-state index in [0.717, 1.165) is 28.8 Å². The van der Waals surface area contributed by atoms with Gasteiger partial charge < -0.3 is 10.6 Å². The van der Waals surface area contributed by atoms with Crippen LogP contribution in [0, 0.1) is 0 Å². The summed E-state index contributed by atoms with van der Waals surface area (Å²) in [6, 6.07) is 16.4. The van der Waals surface area contributed by atoms with Gasteiger partial charge in [0, 0.05) is 18.1 Å². The molecule has 3 aromatic rings. The molecule has 0 aliphatic rings. The van der Waals surface area contributed by atoms with Gasteiger partial charge in [-0.1, -0.05) is 31.2 Å². The van der Waals surface area contributed by atoms with Gasteiger partial charge in [-0.2, -0.15) is 4.98 Å². The molecule has 2 aromatic carbocycles. The van der Waals surface area contributed by atoms with E-state index in [-0.39, 0.29) is 0 Å². The van der Waals surface area contributed by atoms with E-state index in [1.54, 1.807) is 0 Å². The van der Waals surface area contributed by atoms with Crippen LogP contribution in [0.5, 0.6) is 0 Å². The first-order valence-corrected chi connectivity index (χ1v) is 7.10. The summed E-state index contributed by atoms with van der Waals surface area (Å²) in [7, 11) is 1.82. The van der Waals surface area contributed by atoms with Gasteiger partial charge in [0.25, 0.3) is 0 Å². The Kier molecular flexibility index (Phi) is 3.69. The Bertz CT molecular complexity index is 768. The molecule has 0 radical (unpaired) electrons. The molecule has 0 atom stereocenters. The zero-order valence-corrected chi connectivity index (χ0v) is 12.2. The van der Waals surface area contributed by atoms with Crippen molar-refractivity contribution >= 4 is 28.4 Å². The monoisotopic (exact) mass is 278 g/mol. The number of aryl methyl sites for hydroxylation is 1. The van der Waals surface area contributed by atoms with Gasteiger partial charge in [-0.15, -0.1) is 0 Å². The second-order valence-electron chi connectivity index (χ2n) is 4.84. The van der Waals surface area contributed by atoms with E-state index < -0.39 is 0 Å². The third-order valence-electron chi connectivity index (χ3n) is 3.42. The molecule has 1 heterocycles. The van der Waals surface area contributed by atoms with Crippen LogP contribution in [0.3, 0.4) is 0 Å². The zero-order valence-electron chi connectivity index (χ0n) is 12.2. The maximum absolute atomic E-state index is 4.54. The van der Waals surface area contributed by atoms with Gasteiger partial charge >= 0.3 is 0 Å². The molecule has 0 saturated carbocycles. The van der Waals surface area contributed by atoms with E-state index >= 15 is 0 Å². The predicted octanol–water partition coefficient (Wildman–Crippen LogP) is 3.98. The number of para-hydroxylation sites is 1. The van der Waals surface area contributed by atoms with Crippen molar-refractivity contribution in [3.8, 4) is 0 Å². The summed E-state index contributed by atoms with van der Waals surface area (Å²) in [5.41, 5.74) is 3.26. The lowest BCUT2D eigenvalue weighted by atomic mass is 10.1. The topological polar surface area (TPSA) is 49.8 Å². The first-order valence-electron chi connectivity index (χ1n) is 7.10. The van der Waals surface area contributed by atoms with E-state index in [9.17, 15) is 0 Å². The number of hydrogen-bond acceptors (Lipinski definition) is 4. The van der Waals surface area contributed by atoms with E-state index in [2.05, 4.69) is 51.8 Å². The van der Waals surface area contributed by atoms with Gasteiger partial charge in [0.2, 0.25) is 5.95 Å². The van der Waals surface area contributed by atoms with Crippen molar-refractivity contribution < 1.29 is 0 Å². The van der Waals surface area contributed by atoms with Crippen LogP contribution in [0.4, 0.5) is 17.5 Å². The van der Waals surface area contributed by atoms with Gasteiger partial charge in [0.05, 0.1) is 5.52 Å². The molecule has 0 fully saturated rings. The Morgan fingerprint density at radius 2 is 1.86 bits per heavy atom. The maximum atomic E-state index is 4.54. The first kappa shape index (κ1) is 13.4. The molecule has 3 rings (SSSR count). The number of nitrogens with one attached hydrogen (secondary N) is 2. The molecule has 0 aliphatic carbocycles. The second-order valence-corrected chi connectivity index (χ2v) is 4.84. The predicted molar refractivity (Wildman–Crippen MR) is 88.2 cm³/mol. The lowest BCUT2D eigenvalue weighted by molar-refractivity contribution is 1.14. The van der Waals surface area contributed by atoms with Crippen molar-refractivity contribution in [2.24, 2.45) is 0 Å². The molecule has 0 spiro atoms. The molecule has 21 heavy (non-hydrogen) atoms. The van der Waals surface area contributed by atoms with Crippen molar-refractivity contribution in [1.29, 1.82) is 0 Å². The van der Waals surface area contributed by atoms with Crippen molar-refractivity contribution in [2.75, 3.05) is 17.7 Å². The maximum Gasteiger partial charge on any atom is 0.224 e. The summed E-state index contributed by atoms with van der Waals surface area (Å²) in [5.74, 6) is 1.43. The number of nitrogens with zero attached hydrogens (tertiary/aromatic N) is 2. The van der Waals surface area contributed by atoms with Gasteiger partial charge in [-0.25, -0.2) is 4.98 Å². The molecule has 0 amide bonds. The Hall–Kier alpha value is -2.62. The van der Waals surface area contributed by atoms with Crippen molar-refractivity contribution in [3.63, 3.8) is 0 Å². The van der Waals surface area contributed by atoms with E-state index in [1.165, 1.54) is 5.56 Å². The average molecular weight is 278 g/mol. The second kappa shape index (κ2) is 5.79. The van der Waals surface area contributed by atoms with Crippen LogP contribution in [0.15, 0.2) is 48.5 Å². The fraction of sp³-hybridized carbons (Fsp3) is 0.176. The highest BCUT2D eigenvalue weighted by molar-refractivity contribution is 5.91. The SMILES string of the molecule is CCc1cccc(Nc2nc(NC)nc3ccccc23)c1. The normalized spacial score (nSPS) is 10.6. The van der Waals surface area contributed by atoms with Crippen molar-refractivity contribution in [3.05, 3.63) is 54.1 Å². The average Bonchev–Trinajstić information content (AvgIpc) is 2.55. The Balaban J connectivity index is 2.06. The fourth-order valence-corrected chi connectivity index (χ4v) is 2.29. The summed E-state index contributed by atoms with van der Waals surface area (Å²) in [6.45, 7) is 2.15. The number of fused-ring (bicyclic) bond motifs is 1. The highest BCUT2D eigenvalue weighted by Gasteiger charge is 2.07. The van der Waals surface area contributed by atoms with Gasteiger partial charge in [-0.3, -0.25) is 0 Å². The zero-order chi connectivity index (χ0) is 14.7. The Labute approximate surface area is 124 Å². The van der Waals surface area contributed by atoms with E-state index in [0.29, 0.717) is 5.95 Å². The highest BCUT2D eigenvalue weighted by Crippen LogP contribution is 2.25. The third-order valence-corrected chi connectivity index (χ3v) is 3.42. The number of aromatic nitrogens is 2. The van der Waals surface area contributed by atoms with Gasteiger partial charge in [0.1, 0.15) is 5.82 Å².